The number of nitrogens with two attached hydrogens (primary N) is 1. The molecule has 1 atom stereocenters. The van der Waals surface area contributed by atoms with E-state index in [4.69, 9.17) is 10.2 Å². The first kappa shape index (κ1) is 22.6. The topological polar surface area (TPSA) is 94.0 Å². The Morgan fingerprint density at radius 1 is 1.15 bits per heavy atom. The highest BCUT2D eigenvalue weighted by molar-refractivity contribution is 6.03. The maximum absolute atomic E-state index is 13.0. The summed E-state index contributed by atoms with van der Waals surface area (Å²) >= 11 is 0. The van der Waals surface area contributed by atoms with Crippen LogP contribution in [0.4, 0.5) is 10.1 Å². The van der Waals surface area contributed by atoms with E-state index >= 15 is 0 Å². The largest absolute Gasteiger partial charge is 0.446 e. The fraction of sp³-hybridized carbons (Fsp3) is 0.269. The summed E-state index contributed by atoms with van der Waals surface area (Å²) in [7, 11) is 0. The van der Waals surface area contributed by atoms with E-state index < -0.39 is 11.9 Å². The first-order valence-corrected chi connectivity index (χ1v) is 10.9. The summed E-state index contributed by atoms with van der Waals surface area (Å²) in [5.74, 6) is -0.389. The van der Waals surface area contributed by atoms with Crippen molar-refractivity contribution in [3.8, 4) is 0 Å². The van der Waals surface area contributed by atoms with Crippen LogP contribution < -0.4 is 11.1 Å². The Morgan fingerprint density at radius 3 is 2.64 bits per heavy atom. The molecule has 3 N–H and O–H groups in total. The number of aromatic nitrogens is 2. The molecule has 33 heavy (non-hydrogen) atoms. The van der Waals surface area contributed by atoms with Crippen molar-refractivity contribution in [2.24, 2.45) is 5.73 Å². The monoisotopic (exact) mass is 446 g/mol. The minimum atomic E-state index is -0.477. The number of oxazole rings is 1. The number of fused-ring (bicyclic) bond motifs is 1. The van der Waals surface area contributed by atoms with Gasteiger partial charge < -0.3 is 15.5 Å². The molecule has 2 aromatic heterocycles. The van der Waals surface area contributed by atoms with Crippen LogP contribution in [0.3, 0.4) is 0 Å². The molecule has 4 rings (SSSR count). The lowest BCUT2D eigenvalue weighted by Gasteiger charge is -2.19. The summed E-state index contributed by atoms with van der Waals surface area (Å²) in [6.45, 7) is 6.46. The third-order valence-corrected chi connectivity index (χ3v) is 5.53. The van der Waals surface area contributed by atoms with Crippen LogP contribution in [0.25, 0.3) is 10.9 Å². The minimum Gasteiger partial charge on any atom is -0.446 e. The number of carbonyl (C=O) groups is 1. The quantitative estimate of drug-likeness (QED) is 0.405. The predicted molar refractivity (Wildman–Crippen MR) is 127 cm³/mol. The number of hydrogen-bond donors (Lipinski definition) is 2. The van der Waals surface area contributed by atoms with Crippen molar-refractivity contribution in [3.63, 3.8) is 0 Å². The maximum Gasteiger partial charge on any atom is 0.277 e. The van der Waals surface area contributed by atoms with E-state index in [0.29, 0.717) is 18.5 Å². The third-order valence-electron chi connectivity index (χ3n) is 5.53. The summed E-state index contributed by atoms with van der Waals surface area (Å²) in [6, 6.07) is 13.8. The van der Waals surface area contributed by atoms with Gasteiger partial charge >= 0.3 is 0 Å². The highest BCUT2D eigenvalue weighted by atomic mass is 19.1. The smallest absolute Gasteiger partial charge is 0.277 e. The normalized spacial score (nSPS) is 12.6. The highest BCUT2D eigenvalue weighted by Gasteiger charge is 2.18. The van der Waals surface area contributed by atoms with Crippen LogP contribution in [-0.2, 0) is 11.8 Å². The number of amides is 1. The number of hydrogen-bond acceptors (Lipinski definition) is 5. The maximum atomic E-state index is 13.0. The van der Waals surface area contributed by atoms with E-state index in [2.05, 4.69) is 48.2 Å². The summed E-state index contributed by atoms with van der Waals surface area (Å²) in [6.07, 6.45) is 4.11. The molecule has 0 aliphatic heterocycles. The molecule has 2 aromatic carbocycles. The second-order valence-corrected chi connectivity index (χ2v) is 9.18. The zero-order valence-corrected chi connectivity index (χ0v) is 18.9. The van der Waals surface area contributed by atoms with Gasteiger partial charge in [-0.25, -0.2) is 9.37 Å². The average Bonchev–Trinajstić information content (AvgIpc) is 3.28. The Labute approximate surface area is 192 Å². The van der Waals surface area contributed by atoms with Crippen LogP contribution in [0.5, 0.6) is 0 Å². The number of nitrogens with one attached hydrogen (secondary N) is 1. The van der Waals surface area contributed by atoms with Gasteiger partial charge in [-0.3, -0.25) is 9.78 Å². The summed E-state index contributed by atoms with van der Waals surface area (Å²) in [5, 5.41) is 3.77. The van der Waals surface area contributed by atoms with E-state index in [-0.39, 0.29) is 22.8 Å². The van der Waals surface area contributed by atoms with Crippen molar-refractivity contribution >= 4 is 22.5 Å². The lowest BCUT2D eigenvalue weighted by atomic mass is 9.86. The Bertz CT molecular complexity index is 1280. The number of pyridine rings is 1. The van der Waals surface area contributed by atoms with Crippen LogP contribution in [0.1, 0.15) is 60.7 Å². The first-order chi connectivity index (χ1) is 15.7. The second kappa shape index (κ2) is 9.11. The van der Waals surface area contributed by atoms with E-state index in [1.807, 2.05) is 12.1 Å². The first-order valence-electron chi connectivity index (χ1n) is 10.9. The fourth-order valence-electron chi connectivity index (χ4n) is 3.52. The second-order valence-electron chi connectivity index (χ2n) is 9.18. The molecular formula is C26H27FN4O2. The van der Waals surface area contributed by atoms with Crippen molar-refractivity contribution in [1.82, 2.24) is 9.97 Å². The van der Waals surface area contributed by atoms with Crippen molar-refractivity contribution in [1.29, 1.82) is 0 Å². The summed E-state index contributed by atoms with van der Waals surface area (Å²) in [4.78, 5) is 21.4. The third kappa shape index (κ3) is 5.43. The average molecular weight is 447 g/mol. The van der Waals surface area contributed by atoms with Gasteiger partial charge in [-0.1, -0.05) is 39.0 Å². The van der Waals surface area contributed by atoms with Crippen molar-refractivity contribution in [2.45, 2.75) is 45.1 Å². The molecule has 0 bridgehead atoms. The van der Waals surface area contributed by atoms with Gasteiger partial charge in [-0.15, -0.1) is 0 Å². The highest BCUT2D eigenvalue weighted by Crippen LogP contribution is 2.27. The van der Waals surface area contributed by atoms with Gasteiger partial charge in [0.15, 0.2) is 5.69 Å². The molecule has 0 radical (unpaired) electrons. The van der Waals surface area contributed by atoms with Gasteiger partial charge in [0.05, 0.1) is 23.4 Å². The Kier molecular flexibility index (Phi) is 6.24. The van der Waals surface area contributed by atoms with Crippen molar-refractivity contribution in [2.75, 3.05) is 5.32 Å². The van der Waals surface area contributed by atoms with Gasteiger partial charge in [-0.05, 0) is 59.7 Å². The van der Waals surface area contributed by atoms with E-state index in [0.717, 1.165) is 16.5 Å². The fourth-order valence-corrected chi connectivity index (χ4v) is 3.52. The Hall–Kier alpha value is -3.58. The van der Waals surface area contributed by atoms with E-state index in [9.17, 15) is 9.18 Å². The molecule has 7 heteroatoms. The number of carbonyl (C=O) groups excluding carboxylic acids is 1. The number of benzene rings is 2. The van der Waals surface area contributed by atoms with Gasteiger partial charge in [0.2, 0.25) is 5.89 Å². The molecule has 0 saturated carbocycles. The number of halogens is 1. The van der Waals surface area contributed by atoms with Crippen LogP contribution >= 0.6 is 0 Å². The van der Waals surface area contributed by atoms with Gasteiger partial charge in [0, 0.05) is 5.39 Å². The van der Waals surface area contributed by atoms with Crippen LogP contribution in [0, 0.1) is 5.82 Å². The molecule has 1 unspecified atom stereocenters. The zero-order chi connectivity index (χ0) is 23.6. The standard InChI is InChI=1S/C26H27FN4O2/c1-26(2,3)18-7-11-22-17(12-18)13-20(14-29-22)30-24(32)23-15-33-25(31-23)21(28)10-6-16-4-8-19(27)9-5-16/h4-5,7-9,11-15,21H,6,10,28H2,1-3H3,(H,30,32). The summed E-state index contributed by atoms with van der Waals surface area (Å²) in [5.41, 5.74) is 9.93. The number of anilines is 1. The van der Waals surface area contributed by atoms with Gasteiger partial charge in [-0.2, -0.15) is 0 Å². The molecular weight excluding hydrogens is 419 g/mol. The van der Waals surface area contributed by atoms with Crippen LogP contribution in [0.2, 0.25) is 0 Å². The zero-order valence-electron chi connectivity index (χ0n) is 18.9. The summed E-state index contributed by atoms with van der Waals surface area (Å²) < 4.78 is 18.5. The number of rotatable bonds is 6. The number of nitrogens with zero attached hydrogens (tertiary/aromatic N) is 2. The molecule has 0 aliphatic rings. The molecule has 0 saturated heterocycles. The SMILES string of the molecule is CC(C)(C)c1ccc2ncc(NC(=O)c3coc(C(N)CCc4ccc(F)cc4)n3)cc2c1. The molecule has 2 heterocycles. The van der Waals surface area contributed by atoms with Crippen molar-refractivity contribution in [3.05, 3.63) is 89.5 Å². The molecule has 0 spiro atoms. The predicted octanol–water partition coefficient (Wildman–Crippen LogP) is 5.54. The van der Waals surface area contributed by atoms with Crippen LogP contribution in [-0.4, -0.2) is 15.9 Å². The van der Waals surface area contributed by atoms with Gasteiger partial charge in [0.25, 0.3) is 5.91 Å². The van der Waals surface area contributed by atoms with E-state index in [1.165, 1.54) is 24.0 Å². The van der Waals surface area contributed by atoms with Crippen LogP contribution in [0.15, 0.2) is 65.4 Å². The molecule has 6 nitrogen and oxygen atoms in total. The lowest BCUT2D eigenvalue weighted by Crippen LogP contribution is -2.15. The molecule has 4 aromatic rings. The minimum absolute atomic E-state index is 0.0139. The Morgan fingerprint density at radius 2 is 1.91 bits per heavy atom. The Balaban J connectivity index is 1.42. The van der Waals surface area contributed by atoms with Gasteiger partial charge in [0.1, 0.15) is 12.1 Å². The molecule has 1 amide bonds. The molecule has 0 fully saturated rings. The van der Waals surface area contributed by atoms with E-state index in [1.54, 1.807) is 18.3 Å². The lowest BCUT2D eigenvalue weighted by molar-refractivity contribution is 0.102. The van der Waals surface area contributed by atoms with Crippen molar-refractivity contribution < 1.29 is 13.6 Å². The molecule has 0 aliphatic carbocycles. The number of aryl methyl sites for hydroxylation is 1. The molecule has 170 valence electrons.